The second-order valence-electron chi connectivity index (χ2n) is 9.09. The van der Waals surface area contributed by atoms with Gasteiger partial charge < -0.3 is 10.2 Å². The fourth-order valence-corrected chi connectivity index (χ4v) is 5.69. The van der Waals surface area contributed by atoms with E-state index in [1.165, 1.54) is 11.9 Å². The Labute approximate surface area is 220 Å². The van der Waals surface area contributed by atoms with Gasteiger partial charge in [0.25, 0.3) is 10.0 Å². The fraction of sp³-hybridized carbons (Fsp3) is 0.310. The van der Waals surface area contributed by atoms with Crippen LogP contribution in [0, 0.1) is 20.8 Å². The standard InChI is InChI=1S/C29H35N3O4S/c1-6-26(29(34)30-5)31(19-24-12-8-7-9-13-24)28(33)20-32(27-14-10-11-22(3)23(27)4)37(35,36)25-17-15-21(2)16-18-25/h7-18,26H,6,19-20H2,1-5H3,(H,30,34). The van der Waals surface area contributed by atoms with Crippen molar-refractivity contribution in [3.05, 3.63) is 95.1 Å². The Balaban J connectivity index is 2.10. The lowest BCUT2D eigenvalue weighted by Crippen LogP contribution is -2.51. The third-order valence-corrected chi connectivity index (χ3v) is 8.33. The molecule has 0 bridgehead atoms. The number of carbonyl (C=O) groups is 2. The SMILES string of the molecule is CCC(C(=O)NC)N(Cc1ccccc1)C(=O)CN(c1cccc(C)c1C)S(=O)(=O)c1ccc(C)cc1. The number of carbonyl (C=O) groups excluding carboxylic acids is 2. The minimum absolute atomic E-state index is 0.0970. The van der Waals surface area contributed by atoms with Gasteiger partial charge in [-0.1, -0.05) is 67.1 Å². The molecule has 3 aromatic rings. The van der Waals surface area contributed by atoms with Gasteiger partial charge in [-0.3, -0.25) is 13.9 Å². The zero-order valence-electron chi connectivity index (χ0n) is 22.1. The summed E-state index contributed by atoms with van der Waals surface area (Å²) in [5.74, 6) is -0.762. The Morgan fingerprint density at radius 2 is 1.54 bits per heavy atom. The van der Waals surface area contributed by atoms with E-state index in [2.05, 4.69) is 5.32 Å². The van der Waals surface area contributed by atoms with Crippen LogP contribution in [0.1, 0.15) is 35.6 Å². The molecular formula is C29H35N3O4S. The minimum Gasteiger partial charge on any atom is -0.357 e. The van der Waals surface area contributed by atoms with Crippen LogP contribution in [0.3, 0.4) is 0 Å². The van der Waals surface area contributed by atoms with Gasteiger partial charge in [0.1, 0.15) is 12.6 Å². The topological polar surface area (TPSA) is 86.8 Å². The largest absolute Gasteiger partial charge is 0.357 e. The van der Waals surface area contributed by atoms with E-state index < -0.39 is 28.5 Å². The molecule has 3 rings (SSSR count). The number of likely N-dealkylation sites (N-methyl/N-ethyl adjacent to an activating group) is 1. The molecule has 0 aliphatic rings. The average Bonchev–Trinajstić information content (AvgIpc) is 2.89. The van der Waals surface area contributed by atoms with Crippen LogP contribution < -0.4 is 9.62 Å². The molecule has 0 heterocycles. The maximum absolute atomic E-state index is 13.9. The van der Waals surface area contributed by atoms with Crippen LogP contribution in [0.25, 0.3) is 0 Å². The van der Waals surface area contributed by atoms with E-state index in [9.17, 15) is 18.0 Å². The van der Waals surface area contributed by atoms with Gasteiger partial charge in [0.05, 0.1) is 10.6 Å². The zero-order valence-corrected chi connectivity index (χ0v) is 22.9. The highest BCUT2D eigenvalue weighted by Crippen LogP contribution is 2.29. The molecule has 1 N–H and O–H groups in total. The quantitative estimate of drug-likeness (QED) is 0.430. The zero-order chi connectivity index (χ0) is 27.2. The molecule has 1 unspecified atom stereocenters. The Kier molecular flexibility index (Phi) is 9.10. The fourth-order valence-electron chi connectivity index (χ4n) is 4.22. The number of amides is 2. The van der Waals surface area contributed by atoms with Crippen LogP contribution in [0.2, 0.25) is 0 Å². The number of anilines is 1. The van der Waals surface area contributed by atoms with E-state index in [1.807, 2.05) is 64.1 Å². The molecule has 1 atom stereocenters. The molecule has 0 saturated carbocycles. The van der Waals surface area contributed by atoms with Gasteiger partial charge in [-0.25, -0.2) is 8.42 Å². The Hall–Kier alpha value is -3.65. The van der Waals surface area contributed by atoms with Crippen molar-refractivity contribution in [3.63, 3.8) is 0 Å². The van der Waals surface area contributed by atoms with Crippen LogP contribution in [0.15, 0.2) is 77.7 Å². The summed E-state index contributed by atoms with van der Waals surface area (Å²) in [7, 11) is -2.56. The van der Waals surface area contributed by atoms with E-state index in [-0.39, 0.29) is 17.3 Å². The summed E-state index contributed by atoms with van der Waals surface area (Å²) in [6.45, 7) is 7.19. The number of rotatable bonds is 10. The van der Waals surface area contributed by atoms with Crippen LogP contribution in [0.4, 0.5) is 5.69 Å². The van der Waals surface area contributed by atoms with Gasteiger partial charge in [0, 0.05) is 13.6 Å². The highest BCUT2D eigenvalue weighted by Gasteiger charge is 2.34. The van der Waals surface area contributed by atoms with Crippen molar-refractivity contribution in [3.8, 4) is 0 Å². The highest BCUT2D eigenvalue weighted by molar-refractivity contribution is 7.92. The van der Waals surface area contributed by atoms with E-state index in [0.29, 0.717) is 12.1 Å². The first-order valence-corrected chi connectivity index (χ1v) is 13.7. The predicted octanol–water partition coefficient (Wildman–Crippen LogP) is 4.36. The first-order valence-electron chi connectivity index (χ1n) is 12.3. The van der Waals surface area contributed by atoms with Gasteiger partial charge in [0.2, 0.25) is 11.8 Å². The van der Waals surface area contributed by atoms with Crippen LogP contribution in [-0.2, 0) is 26.2 Å². The van der Waals surface area contributed by atoms with E-state index >= 15 is 0 Å². The average molecular weight is 522 g/mol. The van der Waals surface area contributed by atoms with Crippen molar-refractivity contribution < 1.29 is 18.0 Å². The molecule has 0 aliphatic carbocycles. The summed E-state index contributed by atoms with van der Waals surface area (Å²) in [5.41, 5.74) is 3.88. The number of nitrogens with zero attached hydrogens (tertiary/aromatic N) is 2. The van der Waals surface area contributed by atoms with Crippen LogP contribution in [0.5, 0.6) is 0 Å². The van der Waals surface area contributed by atoms with Crippen LogP contribution in [-0.4, -0.2) is 44.8 Å². The molecule has 7 nitrogen and oxygen atoms in total. The summed E-state index contributed by atoms with van der Waals surface area (Å²) in [4.78, 5) is 28.2. The molecule has 0 radical (unpaired) electrons. The number of nitrogens with one attached hydrogen (secondary N) is 1. The van der Waals surface area contributed by atoms with Crippen molar-refractivity contribution in [1.82, 2.24) is 10.2 Å². The normalized spacial score (nSPS) is 12.0. The summed E-state index contributed by atoms with van der Waals surface area (Å²) in [6, 6.07) is 20.6. The van der Waals surface area contributed by atoms with Crippen LogP contribution >= 0.6 is 0 Å². The molecule has 8 heteroatoms. The summed E-state index contributed by atoms with van der Waals surface area (Å²) < 4.78 is 29.0. The second kappa shape index (κ2) is 12.1. The Morgan fingerprint density at radius 1 is 0.892 bits per heavy atom. The second-order valence-corrected chi connectivity index (χ2v) is 11.0. The molecule has 3 aromatic carbocycles. The van der Waals surface area contributed by atoms with E-state index in [0.717, 1.165) is 26.6 Å². The number of sulfonamides is 1. The Morgan fingerprint density at radius 3 is 2.14 bits per heavy atom. The molecule has 2 amide bonds. The third-order valence-electron chi connectivity index (χ3n) is 6.56. The van der Waals surface area contributed by atoms with Crippen molar-refractivity contribution in [1.29, 1.82) is 0 Å². The summed E-state index contributed by atoms with van der Waals surface area (Å²) in [6.07, 6.45) is 0.381. The van der Waals surface area contributed by atoms with Crippen molar-refractivity contribution in [2.45, 2.75) is 51.6 Å². The van der Waals surface area contributed by atoms with Gasteiger partial charge in [0.15, 0.2) is 0 Å². The lowest BCUT2D eigenvalue weighted by atomic mass is 10.1. The first-order chi connectivity index (χ1) is 17.6. The first kappa shape index (κ1) is 27.9. The van der Waals surface area contributed by atoms with E-state index in [1.54, 1.807) is 36.4 Å². The number of aryl methyl sites for hydroxylation is 2. The molecule has 37 heavy (non-hydrogen) atoms. The monoisotopic (exact) mass is 521 g/mol. The molecule has 0 spiro atoms. The lowest BCUT2D eigenvalue weighted by Gasteiger charge is -2.33. The van der Waals surface area contributed by atoms with Gasteiger partial charge in [-0.15, -0.1) is 0 Å². The van der Waals surface area contributed by atoms with Crippen molar-refractivity contribution >= 4 is 27.5 Å². The van der Waals surface area contributed by atoms with Gasteiger partial charge >= 0.3 is 0 Å². The van der Waals surface area contributed by atoms with Crippen molar-refractivity contribution in [2.75, 3.05) is 17.9 Å². The lowest BCUT2D eigenvalue weighted by molar-refractivity contribution is -0.140. The maximum atomic E-state index is 13.9. The number of hydrogen-bond donors (Lipinski definition) is 1. The summed E-state index contributed by atoms with van der Waals surface area (Å²) in [5, 5.41) is 2.64. The molecular weight excluding hydrogens is 486 g/mol. The third kappa shape index (κ3) is 6.38. The highest BCUT2D eigenvalue weighted by atomic mass is 32.2. The van der Waals surface area contributed by atoms with Gasteiger partial charge in [-0.2, -0.15) is 0 Å². The molecule has 0 aromatic heterocycles. The number of hydrogen-bond acceptors (Lipinski definition) is 4. The van der Waals surface area contributed by atoms with Crippen molar-refractivity contribution in [2.24, 2.45) is 0 Å². The maximum Gasteiger partial charge on any atom is 0.264 e. The van der Waals surface area contributed by atoms with Gasteiger partial charge in [-0.05, 0) is 62.1 Å². The predicted molar refractivity (Wildman–Crippen MR) is 147 cm³/mol. The molecule has 0 saturated heterocycles. The Bertz CT molecular complexity index is 1340. The molecule has 0 aliphatic heterocycles. The number of benzene rings is 3. The molecule has 0 fully saturated rings. The minimum atomic E-state index is -4.08. The smallest absolute Gasteiger partial charge is 0.264 e. The molecule has 196 valence electrons. The van der Waals surface area contributed by atoms with E-state index in [4.69, 9.17) is 0 Å². The summed E-state index contributed by atoms with van der Waals surface area (Å²) >= 11 is 0.